The molecule has 2 heterocycles. The van der Waals surface area contributed by atoms with E-state index in [2.05, 4.69) is 29.3 Å². The van der Waals surface area contributed by atoms with Gasteiger partial charge in [-0.15, -0.1) is 11.3 Å². The van der Waals surface area contributed by atoms with Crippen molar-refractivity contribution in [3.8, 4) is 0 Å². The minimum Gasteiger partial charge on any atom is -0.383 e. The van der Waals surface area contributed by atoms with Crippen molar-refractivity contribution in [2.75, 3.05) is 0 Å². The monoisotopic (exact) mass is 461 g/mol. The molecule has 1 aromatic carbocycles. The quantitative estimate of drug-likeness (QED) is 0.292. The Labute approximate surface area is 193 Å². The molecule has 0 spiro atoms. The molecule has 0 aliphatic rings. The molecule has 0 radical (unpaired) electrons. The molecule has 3 rings (SSSR count). The van der Waals surface area contributed by atoms with E-state index in [-0.39, 0.29) is 18.5 Å². The maximum atomic E-state index is 14.8. The highest BCUT2D eigenvalue weighted by atomic mass is 32.1. The van der Waals surface area contributed by atoms with Crippen LogP contribution in [0.15, 0.2) is 42.3 Å². The summed E-state index contributed by atoms with van der Waals surface area (Å²) < 4.78 is 29.9. The average molecular weight is 462 g/mol. The van der Waals surface area contributed by atoms with Crippen LogP contribution in [0.3, 0.4) is 0 Å². The lowest BCUT2D eigenvalue weighted by atomic mass is 9.84. The molecular weight excluding hydrogens is 428 g/mol. The Kier molecular flexibility index (Phi) is 8.93. The molecule has 0 saturated carbocycles. The minimum atomic E-state index is -1.58. The topological polar surface area (TPSA) is 50.9 Å². The van der Waals surface area contributed by atoms with Crippen molar-refractivity contribution in [1.29, 1.82) is 0 Å². The number of aliphatic hydroxyl groups is 1. The number of benzene rings is 1. The van der Waals surface area contributed by atoms with E-state index in [0.29, 0.717) is 5.92 Å². The second kappa shape index (κ2) is 11.7. The van der Waals surface area contributed by atoms with Crippen LogP contribution < -0.4 is 0 Å². The molecule has 174 valence electrons. The lowest BCUT2D eigenvalue weighted by Gasteiger charge is -2.30. The molecule has 2 unspecified atom stereocenters. The van der Waals surface area contributed by atoms with E-state index in [1.54, 1.807) is 11.3 Å². The summed E-state index contributed by atoms with van der Waals surface area (Å²) in [5.41, 5.74) is -0.485. The van der Waals surface area contributed by atoms with Crippen molar-refractivity contribution in [3.63, 3.8) is 0 Å². The molecule has 32 heavy (non-hydrogen) atoms. The summed E-state index contributed by atoms with van der Waals surface area (Å²) in [6.45, 7) is 4.44. The van der Waals surface area contributed by atoms with E-state index >= 15 is 0 Å². The van der Waals surface area contributed by atoms with Crippen molar-refractivity contribution in [2.45, 2.75) is 83.3 Å². The normalized spacial score (nSPS) is 14.4. The molecule has 0 aliphatic carbocycles. The zero-order chi connectivity index (χ0) is 23.0. The fraction of sp³-hybridized carbons (Fsp3) is 0.520. The second-order valence-electron chi connectivity index (χ2n) is 8.57. The van der Waals surface area contributed by atoms with Gasteiger partial charge in [-0.2, -0.15) is 5.10 Å². The number of thiophene rings is 1. The van der Waals surface area contributed by atoms with Gasteiger partial charge in [0.25, 0.3) is 0 Å². The molecule has 0 bridgehead atoms. The van der Waals surface area contributed by atoms with E-state index in [1.165, 1.54) is 53.6 Å². The van der Waals surface area contributed by atoms with Crippen LogP contribution in [-0.2, 0) is 18.6 Å². The molecular formula is C25H33F2N3OS. The fourth-order valence-corrected chi connectivity index (χ4v) is 5.45. The SMILES string of the molecule is CCCCCC(CCCC)c1sccc1CC(O)(Cn1cncn1)c1ccc(F)cc1F. The Hall–Kier alpha value is -2.12. The van der Waals surface area contributed by atoms with Crippen LogP contribution in [0.4, 0.5) is 8.78 Å². The molecule has 0 saturated heterocycles. The summed E-state index contributed by atoms with van der Waals surface area (Å²) >= 11 is 1.72. The Balaban J connectivity index is 1.93. The predicted octanol–water partition coefficient (Wildman–Crippen LogP) is 6.60. The number of aromatic nitrogens is 3. The van der Waals surface area contributed by atoms with Gasteiger partial charge in [0.1, 0.15) is 29.9 Å². The molecule has 0 amide bonds. The van der Waals surface area contributed by atoms with E-state index in [1.807, 2.05) is 6.07 Å². The number of unbranched alkanes of at least 4 members (excludes halogenated alkanes) is 3. The van der Waals surface area contributed by atoms with Crippen LogP contribution in [0.2, 0.25) is 0 Å². The highest BCUT2D eigenvalue weighted by molar-refractivity contribution is 7.10. The van der Waals surface area contributed by atoms with Crippen LogP contribution in [0.25, 0.3) is 0 Å². The lowest BCUT2D eigenvalue weighted by Crippen LogP contribution is -2.35. The first kappa shape index (κ1) is 24.5. The second-order valence-corrected chi connectivity index (χ2v) is 9.52. The van der Waals surface area contributed by atoms with E-state index in [0.717, 1.165) is 37.3 Å². The maximum absolute atomic E-state index is 14.8. The number of halogens is 2. The van der Waals surface area contributed by atoms with Gasteiger partial charge >= 0.3 is 0 Å². The van der Waals surface area contributed by atoms with Gasteiger partial charge in [-0.3, -0.25) is 0 Å². The Morgan fingerprint density at radius 3 is 2.56 bits per heavy atom. The molecule has 0 aliphatic heterocycles. The number of rotatable bonds is 13. The van der Waals surface area contributed by atoms with Crippen molar-refractivity contribution < 1.29 is 13.9 Å². The van der Waals surface area contributed by atoms with E-state index in [4.69, 9.17) is 0 Å². The van der Waals surface area contributed by atoms with Crippen LogP contribution in [0.1, 0.15) is 80.7 Å². The van der Waals surface area contributed by atoms with Crippen molar-refractivity contribution in [1.82, 2.24) is 14.8 Å². The molecule has 2 aromatic heterocycles. The molecule has 3 aromatic rings. The third-order valence-corrected chi connectivity index (χ3v) is 7.14. The zero-order valence-corrected chi connectivity index (χ0v) is 19.8. The largest absolute Gasteiger partial charge is 0.383 e. The summed E-state index contributed by atoms with van der Waals surface area (Å²) in [5, 5.41) is 17.9. The maximum Gasteiger partial charge on any atom is 0.137 e. The predicted molar refractivity (Wildman–Crippen MR) is 125 cm³/mol. The van der Waals surface area contributed by atoms with Gasteiger partial charge in [-0.05, 0) is 41.8 Å². The fourth-order valence-electron chi connectivity index (χ4n) is 4.35. The summed E-state index contributed by atoms with van der Waals surface area (Å²) in [4.78, 5) is 5.22. The summed E-state index contributed by atoms with van der Waals surface area (Å²) in [5.74, 6) is -0.985. The molecule has 7 heteroatoms. The summed E-state index contributed by atoms with van der Waals surface area (Å²) in [6, 6.07) is 5.38. The first-order valence-electron chi connectivity index (χ1n) is 11.5. The molecule has 1 N–H and O–H groups in total. The number of hydrogen-bond donors (Lipinski definition) is 1. The Bertz CT molecular complexity index is 960. The van der Waals surface area contributed by atoms with Gasteiger partial charge in [-0.1, -0.05) is 52.0 Å². The third kappa shape index (κ3) is 6.23. The van der Waals surface area contributed by atoms with Crippen LogP contribution in [0.5, 0.6) is 0 Å². The highest BCUT2D eigenvalue weighted by Crippen LogP contribution is 2.38. The number of nitrogens with zero attached hydrogens (tertiary/aromatic N) is 3. The standard InChI is InChI=1S/C25H33F2N3OS/c1-3-5-7-9-19(8-6-4-2)24-20(12-13-32-24)15-25(31,16-30-18-28-17-29-30)22-11-10-21(26)14-23(22)27/h10-14,17-19,31H,3-9,15-16H2,1-2H3. The minimum absolute atomic E-state index is 0.0281. The Morgan fingerprint density at radius 1 is 1.09 bits per heavy atom. The number of hydrogen-bond acceptors (Lipinski definition) is 4. The van der Waals surface area contributed by atoms with Gasteiger partial charge in [0.05, 0.1) is 6.54 Å². The smallest absolute Gasteiger partial charge is 0.137 e. The van der Waals surface area contributed by atoms with Crippen molar-refractivity contribution in [2.24, 2.45) is 0 Å². The molecule has 0 fully saturated rings. The Morgan fingerprint density at radius 2 is 1.88 bits per heavy atom. The molecule has 4 nitrogen and oxygen atoms in total. The van der Waals surface area contributed by atoms with E-state index in [9.17, 15) is 13.9 Å². The first-order valence-corrected chi connectivity index (χ1v) is 12.4. The zero-order valence-electron chi connectivity index (χ0n) is 18.9. The molecule has 2 atom stereocenters. The van der Waals surface area contributed by atoms with Crippen LogP contribution in [0, 0.1) is 11.6 Å². The van der Waals surface area contributed by atoms with E-state index < -0.39 is 17.2 Å². The van der Waals surface area contributed by atoms with Gasteiger partial charge in [-0.25, -0.2) is 18.4 Å². The van der Waals surface area contributed by atoms with Gasteiger partial charge in [0.15, 0.2) is 0 Å². The summed E-state index contributed by atoms with van der Waals surface area (Å²) in [7, 11) is 0. The van der Waals surface area contributed by atoms with Crippen LogP contribution >= 0.6 is 11.3 Å². The third-order valence-electron chi connectivity index (χ3n) is 6.02. The average Bonchev–Trinajstić information content (AvgIpc) is 3.42. The van der Waals surface area contributed by atoms with Crippen LogP contribution in [-0.4, -0.2) is 19.9 Å². The summed E-state index contributed by atoms with van der Waals surface area (Å²) in [6.07, 6.45) is 11.2. The van der Waals surface area contributed by atoms with Gasteiger partial charge in [0.2, 0.25) is 0 Å². The first-order chi connectivity index (χ1) is 15.5. The van der Waals surface area contributed by atoms with Crippen molar-refractivity contribution >= 4 is 11.3 Å². The van der Waals surface area contributed by atoms with Gasteiger partial charge in [0, 0.05) is 22.9 Å². The lowest BCUT2D eigenvalue weighted by molar-refractivity contribution is 0.0115. The highest BCUT2D eigenvalue weighted by Gasteiger charge is 2.35. The van der Waals surface area contributed by atoms with Crippen molar-refractivity contribution in [3.05, 3.63) is 69.9 Å². The van der Waals surface area contributed by atoms with Gasteiger partial charge < -0.3 is 5.11 Å².